The van der Waals surface area contributed by atoms with Crippen molar-refractivity contribution < 1.29 is 18.3 Å². The van der Waals surface area contributed by atoms with Crippen molar-refractivity contribution in [3.05, 3.63) is 35.4 Å². The molecule has 6 nitrogen and oxygen atoms in total. The number of carboxylic acids is 1. The largest absolute Gasteiger partial charge is 0.478 e. The highest BCUT2D eigenvalue weighted by atomic mass is 32.2. The van der Waals surface area contributed by atoms with E-state index in [9.17, 15) is 13.2 Å². The Kier molecular flexibility index (Phi) is 4.97. The van der Waals surface area contributed by atoms with Gasteiger partial charge in [0.25, 0.3) is 10.2 Å². The molecule has 0 aliphatic heterocycles. The summed E-state index contributed by atoms with van der Waals surface area (Å²) in [5.74, 6) is -0.968. The second-order valence-corrected chi connectivity index (χ2v) is 7.07. The zero-order valence-corrected chi connectivity index (χ0v) is 12.8. The summed E-state index contributed by atoms with van der Waals surface area (Å²) in [5.41, 5.74) is 1.12. The van der Waals surface area contributed by atoms with Gasteiger partial charge in [0.05, 0.1) is 5.56 Å². The van der Waals surface area contributed by atoms with Crippen molar-refractivity contribution in [3.63, 3.8) is 0 Å². The summed E-state index contributed by atoms with van der Waals surface area (Å²) in [7, 11) is -1.82. The maximum absolute atomic E-state index is 12.0. The minimum absolute atomic E-state index is 0.123. The van der Waals surface area contributed by atoms with Crippen LogP contribution in [0.3, 0.4) is 0 Å². The lowest BCUT2D eigenvalue weighted by atomic mass is 9.94. The zero-order valence-electron chi connectivity index (χ0n) is 11.9. The van der Waals surface area contributed by atoms with E-state index in [0.717, 1.165) is 24.8 Å². The molecule has 7 heteroatoms. The molecule has 1 aromatic rings. The van der Waals surface area contributed by atoms with Crippen LogP contribution in [-0.2, 0) is 16.6 Å². The molecule has 0 radical (unpaired) electrons. The molecule has 0 heterocycles. The number of hydrogen-bond acceptors (Lipinski definition) is 3. The van der Waals surface area contributed by atoms with Crippen LogP contribution in [0.5, 0.6) is 0 Å². The third-order valence-corrected chi connectivity index (χ3v) is 5.49. The number of nitrogens with zero attached hydrogens (tertiary/aromatic N) is 1. The Hall–Kier alpha value is -1.44. The third-order valence-electron chi connectivity index (χ3n) is 3.87. The molecule has 1 aromatic carbocycles. The van der Waals surface area contributed by atoms with E-state index < -0.39 is 16.2 Å². The smallest absolute Gasteiger partial charge is 0.335 e. The van der Waals surface area contributed by atoms with Gasteiger partial charge in [0.15, 0.2) is 0 Å². The first kappa shape index (κ1) is 15.9. The minimum Gasteiger partial charge on any atom is -0.478 e. The van der Waals surface area contributed by atoms with Crippen LogP contribution in [-0.4, -0.2) is 43.4 Å². The lowest BCUT2D eigenvalue weighted by Crippen LogP contribution is -2.47. The van der Waals surface area contributed by atoms with E-state index in [1.165, 1.54) is 16.4 Å². The zero-order chi connectivity index (χ0) is 15.5. The van der Waals surface area contributed by atoms with Gasteiger partial charge in [0, 0.05) is 19.6 Å². The van der Waals surface area contributed by atoms with Gasteiger partial charge in [-0.15, -0.1) is 0 Å². The Balaban J connectivity index is 1.84. The molecule has 1 fully saturated rings. The monoisotopic (exact) mass is 312 g/mol. The molecule has 2 rings (SSSR count). The number of nitrogens with one attached hydrogen (secondary N) is 1. The highest BCUT2D eigenvalue weighted by molar-refractivity contribution is 7.87. The third kappa shape index (κ3) is 4.03. The molecule has 1 aliphatic rings. The maximum Gasteiger partial charge on any atom is 0.335 e. The van der Waals surface area contributed by atoms with Crippen LogP contribution in [0.2, 0.25) is 0 Å². The van der Waals surface area contributed by atoms with Gasteiger partial charge in [-0.1, -0.05) is 18.6 Å². The Bertz CT molecular complexity index is 594. The van der Waals surface area contributed by atoms with Gasteiger partial charge in [-0.05, 0) is 37.0 Å². The van der Waals surface area contributed by atoms with E-state index in [2.05, 4.69) is 4.72 Å². The van der Waals surface area contributed by atoms with E-state index in [-0.39, 0.29) is 11.6 Å². The topological polar surface area (TPSA) is 86.7 Å². The average molecular weight is 312 g/mol. The van der Waals surface area contributed by atoms with Crippen molar-refractivity contribution in [2.24, 2.45) is 0 Å². The highest BCUT2D eigenvalue weighted by Crippen LogP contribution is 2.24. The van der Waals surface area contributed by atoms with Crippen LogP contribution >= 0.6 is 0 Å². The molecule has 0 spiro atoms. The quantitative estimate of drug-likeness (QED) is 0.793. The molecule has 2 N–H and O–H groups in total. The molecule has 0 bridgehead atoms. The van der Waals surface area contributed by atoms with Crippen LogP contribution in [0.4, 0.5) is 0 Å². The normalized spacial score (nSPS) is 15.9. The summed E-state index contributed by atoms with van der Waals surface area (Å²) >= 11 is 0. The van der Waals surface area contributed by atoms with E-state index in [1.54, 1.807) is 19.2 Å². The number of hydrogen-bond donors (Lipinski definition) is 2. The Labute approximate surface area is 125 Å². The Morgan fingerprint density at radius 1 is 1.33 bits per heavy atom. The van der Waals surface area contributed by atoms with Crippen LogP contribution in [0.25, 0.3) is 0 Å². The molecular formula is C14H20N2O4S. The minimum atomic E-state index is -3.42. The second-order valence-electron chi connectivity index (χ2n) is 5.25. The van der Waals surface area contributed by atoms with Gasteiger partial charge in [0.2, 0.25) is 0 Å². The summed E-state index contributed by atoms with van der Waals surface area (Å²) < 4.78 is 28.1. The van der Waals surface area contributed by atoms with E-state index in [1.807, 2.05) is 0 Å². The molecule has 0 atom stereocenters. The number of benzene rings is 1. The second kappa shape index (κ2) is 6.55. The summed E-state index contributed by atoms with van der Waals surface area (Å²) in [6.07, 6.45) is 3.46. The first-order valence-electron chi connectivity index (χ1n) is 6.95. The predicted molar refractivity (Wildman–Crippen MR) is 79.4 cm³/mol. The van der Waals surface area contributed by atoms with Gasteiger partial charge in [0.1, 0.15) is 0 Å². The van der Waals surface area contributed by atoms with E-state index in [4.69, 9.17) is 5.11 Å². The highest BCUT2D eigenvalue weighted by Gasteiger charge is 2.29. The standard InChI is InChI=1S/C14H20N2O4S/c1-16(13-3-2-4-13)21(19,20)15-10-9-11-5-7-12(8-6-11)14(17)18/h5-8,13,15H,2-4,9-10H2,1H3,(H,17,18). The molecule has 21 heavy (non-hydrogen) atoms. The maximum atomic E-state index is 12.0. The fraction of sp³-hybridized carbons (Fsp3) is 0.500. The van der Waals surface area contributed by atoms with Crippen molar-refractivity contribution >= 4 is 16.2 Å². The van der Waals surface area contributed by atoms with Crippen LogP contribution in [0.15, 0.2) is 24.3 Å². The van der Waals surface area contributed by atoms with Crippen molar-refractivity contribution in [3.8, 4) is 0 Å². The molecule has 0 unspecified atom stereocenters. The van der Waals surface area contributed by atoms with Gasteiger partial charge in [-0.2, -0.15) is 12.7 Å². The van der Waals surface area contributed by atoms with Crippen LogP contribution in [0.1, 0.15) is 35.2 Å². The number of carbonyl (C=O) groups is 1. The summed E-state index contributed by atoms with van der Waals surface area (Å²) in [4.78, 5) is 10.7. The Morgan fingerprint density at radius 3 is 2.43 bits per heavy atom. The summed E-state index contributed by atoms with van der Waals surface area (Å²) in [5, 5.41) is 8.80. The Morgan fingerprint density at radius 2 is 1.95 bits per heavy atom. The van der Waals surface area contributed by atoms with Crippen molar-refractivity contribution in [1.82, 2.24) is 9.03 Å². The molecule has 0 saturated heterocycles. The average Bonchev–Trinajstić information content (AvgIpc) is 2.37. The van der Waals surface area contributed by atoms with Gasteiger partial charge in [-0.3, -0.25) is 0 Å². The van der Waals surface area contributed by atoms with Gasteiger partial charge >= 0.3 is 5.97 Å². The van der Waals surface area contributed by atoms with Crippen molar-refractivity contribution in [1.29, 1.82) is 0 Å². The lowest BCUT2D eigenvalue weighted by Gasteiger charge is -2.33. The number of carboxylic acid groups (broad SMARTS) is 1. The van der Waals surface area contributed by atoms with Crippen LogP contribution < -0.4 is 4.72 Å². The molecule has 0 aromatic heterocycles. The molecular weight excluding hydrogens is 292 g/mol. The van der Waals surface area contributed by atoms with Gasteiger partial charge < -0.3 is 5.11 Å². The molecule has 1 saturated carbocycles. The molecule has 1 aliphatic carbocycles. The van der Waals surface area contributed by atoms with Crippen molar-refractivity contribution in [2.75, 3.05) is 13.6 Å². The molecule has 0 amide bonds. The van der Waals surface area contributed by atoms with E-state index >= 15 is 0 Å². The first-order chi connectivity index (χ1) is 9.90. The van der Waals surface area contributed by atoms with Crippen LogP contribution in [0, 0.1) is 0 Å². The van der Waals surface area contributed by atoms with Gasteiger partial charge in [-0.25, -0.2) is 9.52 Å². The van der Waals surface area contributed by atoms with E-state index in [0.29, 0.717) is 13.0 Å². The number of aromatic carboxylic acids is 1. The number of rotatable bonds is 7. The lowest BCUT2D eigenvalue weighted by molar-refractivity contribution is 0.0697. The fourth-order valence-electron chi connectivity index (χ4n) is 2.19. The van der Waals surface area contributed by atoms with Crippen molar-refractivity contribution in [2.45, 2.75) is 31.7 Å². The summed E-state index contributed by atoms with van der Waals surface area (Å²) in [6.45, 7) is 0.297. The first-order valence-corrected chi connectivity index (χ1v) is 8.39. The fourth-order valence-corrected chi connectivity index (χ4v) is 3.35. The predicted octanol–water partition coefficient (Wildman–Crippen LogP) is 1.25. The SMILES string of the molecule is CN(C1CCC1)S(=O)(=O)NCCc1ccc(C(=O)O)cc1. The summed E-state index contributed by atoms with van der Waals surface area (Å²) in [6, 6.07) is 6.57. The molecule has 116 valence electrons.